The van der Waals surface area contributed by atoms with Gasteiger partial charge in [0.15, 0.2) is 11.6 Å². The van der Waals surface area contributed by atoms with E-state index in [4.69, 9.17) is 0 Å². The second-order valence-corrected chi connectivity index (χ2v) is 3.12. The molecule has 0 nitrogen and oxygen atoms in total. The lowest BCUT2D eigenvalue weighted by atomic mass is 10.1. The van der Waals surface area contributed by atoms with Crippen molar-refractivity contribution in [3.8, 4) is 11.1 Å². The van der Waals surface area contributed by atoms with Crippen molar-refractivity contribution >= 4 is 0 Å². The Kier molecular flexibility index (Phi) is 2.46. The summed E-state index contributed by atoms with van der Waals surface area (Å²) in [4.78, 5) is 0. The molecule has 0 aliphatic carbocycles. The summed E-state index contributed by atoms with van der Waals surface area (Å²) >= 11 is 0. The fourth-order valence-corrected chi connectivity index (χ4v) is 1.38. The molecule has 0 spiro atoms. The predicted octanol–water partition coefficient (Wildman–Crippen LogP) is 3.77. The molecule has 0 unspecified atom stereocenters. The Bertz CT molecular complexity index is 478. The van der Waals surface area contributed by atoms with Crippen LogP contribution >= 0.6 is 0 Å². The normalized spacial score (nSPS) is 10.3. The van der Waals surface area contributed by atoms with Gasteiger partial charge in [-0.05, 0) is 11.6 Å². The number of hydrogen-bond acceptors (Lipinski definition) is 0. The van der Waals surface area contributed by atoms with Crippen LogP contribution in [0.4, 0.5) is 13.2 Å². The topological polar surface area (TPSA) is 0 Å². The van der Waals surface area contributed by atoms with Gasteiger partial charge in [0.1, 0.15) is 5.82 Å². The third-order valence-electron chi connectivity index (χ3n) is 2.08. The van der Waals surface area contributed by atoms with Gasteiger partial charge in [0, 0.05) is 11.6 Å². The molecule has 0 aliphatic heterocycles. The van der Waals surface area contributed by atoms with Crippen molar-refractivity contribution in [3.63, 3.8) is 0 Å². The van der Waals surface area contributed by atoms with Crippen molar-refractivity contribution in [3.05, 3.63) is 59.9 Å². The first-order chi connectivity index (χ1) is 7.18. The van der Waals surface area contributed by atoms with Gasteiger partial charge in [-0.25, -0.2) is 13.2 Å². The number of rotatable bonds is 1. The molecule has 0 bridgehead atoms. The first-order valence-corrected chi connectivity index (χ1v) is 4.38. The van der Waals surface area contributed by atoms with Crippen molar-refractivity contribution in [1.29, 1.82) is 0 Å². The highest BCUT2D eigenvalue weighted by atomic mass is 19.2. The van der Waals surface area contributed by atoms with Gasteiger partial charge in [-0.15, -0.1) is 0 Å². The van der Waals surface area contributed by atoms with Crippen LogP contribution in [0.3, 0.4) is 0 Å². The fraction of sp³-hybridized carbons (Fsp3) is 0. The van der Waals surface area contributed by atoms with Gasteiger partial charge in [-0.3, -0.25) is 0 Å². The molecule has 3 heteroatoms. The smallest absolute Gasteiger partial charge is 0.166 e. The molecule has 2 aromatic carbocycles. The molecule has 0 saturated heterocycles. The molecule has 0 atom stereocenters. The lowest BCUT2D eigenvalue weighted by Gasteiger charge is -2.04. The van der Waals surface area contributed by atoms with Gasteiger partial charge >= 0.3 is 0 Å². The van der Waals surface area contributed by atoms with Crippen molar-refractivity contribution in [1.82, 2.24) is 0 Å². The Morgan fingerprint density at radius 3 is 2.13 bits per heavy atom. The highest BCUT2D eigenvalue weighted by Gasteiger charge is 2.11. The third kappa shape index (κ3) is 1.86. The highest BCUT2D eigenvalue weighted by Crippen LogP contribution is 2.25. The van der Waals surface area contributed by atoms with Crippen LogP contribution in [-0.2, 0) is 0 Å². The summed E-state index contributed by atoms with van der Waals surface area (Å²) in [5.74, 6) is -2.98. The van der Waals surface area contributed by atoms with Gasteiger partial charge in [-0.2, -0.15) is 0 Å². The molecule has 76 valence electrons. The summed E-state index contributed by atoms with van der Waals surface area (Å²) in [7, 11) is 0. The highest BCUT2D eigenvalue weighted by molar-refractivity contribution is 5.64. The van der Waals surface area contributed by atoms with E-state index < -0.39 is 17.5 Å². The van der Waals surface area contributed by atoms with Gasteiger partial charge in [0.2, 0.25) is 0 Å². The van der Waals surface area contributed by atoms with Gasteiger partial charge in [0.05, 0.1) is 0 Å². The molecule has 0 aliphatic rings. The van der Waals surface area contributed by atoms with E-state index in [1.54, 1.807) is 30.3 Å². The average Bonchev–Trinajstić information content (AvgIpc) is 2.24. The zero-order chi connectivity index (χ0) is 10.8. The zero-order valence-electron chi connectivity index (χ0n) is 7.68. The molecular weight excluding hydrogens is 201 g/mol. The molecule has 0 heterocycles. The van der Waals surface area contributed by atoms with Crippen LogP contribution in [0.2, 0.25) is 0 Å². The van der Waals surface area contributed by atoms with E-state index >= 15 is 0 Å². The van der Waals surface area contributed by atoms with Gasteiger partial charge < -0.3 is 0 Å². The van der Waals surface area contributed by atoms with E-state index in [2.05, 4.69) is 0 Å². The number of benzene rings is 2. The lowest BCUT2D eigenvalue weighted by molar-refractivity contribution is 0.497. The second-order valence-electron chi connectivity index (χ2n) is 3.12. The van der Waals surface area contributed by atoms with E-state index in [0.29, 0.717) is 11.6 Å². The third-order valence-corrected chi connectivity index (χ3v) is 2.08. The van der Waals surface area contributed by atoms with Crippen molar-refractivity contribution in [2.45, 2.75) is 0 Å². The van der Waals surface area contributed by atoms with E-state index in [-0.39, 0.29) is 5.56 Å². The summed E-state index contributed by atoms with van der Waals surface area (Å²) < 4.78 is 39.1. The van der Waals surface area contributed by atoms with Crippen LogP contribution in [0, 0.1) is 17.5 Å². The van der Waals surface area contributed by atoms with Gasteiger partial charge in [0.25, 0.3) is 0 Å². The Morgan fingerprint density at radius 1 is 0.800 bits per heavy atom. The molecule has 0 saturated carbocycles. The van der Waals surface area contributed by atoms with E-state index in [1.807, 2.05) is 0 Å². The van der Waals surface area contributed by atoms with Crippen LogP contribution < -0.4 is 0 Å². The second kappa shape index (κ2) is 3.77. The van der Waals surface area contributed by atoms with Crippen molar-refractivity contribution in [2.75, 3.05) is 0 Å². The lowest BCUT2D eigenvalue weighted by Crippen LogP contribution is -1.91. The molecule has 0 aromatic heterocycles. The maximum absolute atomic E-state index is 13.3. The summed E-state index contributed by atoms with van der Waals surface area (Å²) in [5.41, 5.74) is 0.390. The average molecular weight is 208 g/mol. The quantitative estimate of drug-likeness (QED) is 0.626. The summed E-state index contributed by atoms with van der Waals surface area (Å²) in [6.45, 7) is 0. The fourth-order valence-electron chi connectivity index (χ4n) is 1.38. The summed E-state index contributed by atoms with van der Waals surface area (Å²) in [6.07, 6.45) is 0. The molecule has 0 fully saturated rings. The molecule has 0 radical (unpaired) electrons. The maximum atomic E-state index is 13.3. The standard InChI is InChI=1S/C12H7F3/c13-9-6-10(12(15)11(14)7-9)8-4-2-1-3-5-8/h1-7H. The SMILES string of the molecule is Fc1cc(F)c(F)c(-c2ccccc2)c1. The van der Waals surface area contributed by atoms with Crippen molar-refractivity contribution < 1.29 is 13.2 Å². The predicted molar refractivity (Wildman–Crippen MR) is 51.8 cm³/mol. The van der Waals surface area contributed by atoms with Crippen LogP contribution in [-0.4, -0.2) is 0 Å². The van der Waals surface area contributed by atoms with E-state index in [0.717, 1.165) is 6.07 Å². The molecule has 0 N–H and O–H groups in total. The summed E-state index contributed by atoms with van der Waals surface area (Å²) in [6, 6.07) is 9.80. The Balaban J connectivity index is 2.63. The molecule has 0 amide bonds. The number of hydrogen-bond donors (Lipinski definition) is 0. The first kappa shape index (κ1) is 9.77. The Labute approximate surface area is 85.0 Å². The van der Waals surface area contributed by atoms with Crippen LogP contribution in [0.15, 0.2) is 42.5 Å². The summed E-state index contributed by atoms with van der Waals surface area (Å²) in [5, 5.41) is 0. The maximum Gasteiger partial charge on any atom is 0.166 e. The largest absolute Gasteiger partial charge is 0.207 e. The molecule has 15 heavy (non-hydrogen) atoms. The molecule has 2 aromatic rings. The minimum atomic E-state index is -1.17. The minimum absolute atomic E-state index is 0.0619. The van der Waals surface area contributed by atoms with E-state index in [1.165, 1.54) is 0 Å². The Morgan fingerprint density at radius 2 is 1.47 bits per heavy atom. The minimum Gasteiger partial charge on any atom is -0.207 e. The molecular formula is C12H7F3. The van der Waals surface area contributed by atoms with Crippen LogP contribution in [0.1, 0.15) is 0 Å². The van der Waals surface area contributed by atoms with E-state index in [9.17, 15) is 13.2 Å². The number of halogens is 3. The van der Waals surface area contributed by atoms with Crippen LogP contribution in [0.5, 0.6) is 0 Å². The van der Waals surface area contributed by atoms with Gasteiger partial charge in [-0.1, -0.05) is 30.3 Å². The monoisotopic (exact) mass is 208 g/mol. The van der Waals surface area contributed by atoms with Crippen molar-refractivity contribution in [2.24, 2.45) is 0 Å². The first-order valence-electron chi connectivity index (χ1n) is 4.38. The molecule has 2 rings (SSSR count). The van der Waals surface area contributed by atoms with Crippen LogP contribution in [0.25, 0.3) is 11.1 Å². The zero-order valence-corrected chi connectivity index (χ0v) is 7.68. The Hall–Kier alpha value is -1.77.